The lowest BCUT2D eigenvalue weighted by Crippen LogP contribution is -2.67. The van der Waals surface area contributed by atoms with Crippen LogP contribution >= 0.6 is 0 Å². The molecule has 3 aliphatic heterocycles. The maximum absolute atomic E-state index is 14.9. The van der Waals surface area contributed by atoms with E-state index < -0.39 is 16.8 Å². The number of nitrogens with zero attached hydrogens (tertiary/aromatic N) is 1. The summed E-state index contributed by atoms with van der Waals surface area (Å²) in [6.07, 6.45) is 2.69. The largest absolute Gasteiger partial charge is 0.497 e. The molecule has 0 radical (unpaired) electrons. The molecule has 0 saturated carbocycles. The molecule has 0 spiro atoms. The second-order valence-corrected chi connectivity index (χ2v) is 11.3. The summed E-state index contributed by atoms with van der Waals surface area (Å²) in [6, 6.07) is 35.3. The number of methoxy groups -OCH3 is 2. The van der Waals surface area contributed by atoms with Crippen LogP contribution in [0.3, 0.4) is 0 Å². The number of benzene rings is 4. The molecular formula is C36H33NO6. The first-order valence-electron chi connectivity index (χ1n) is 14.5. The average Bonchev–Trinajstić information content (AvgIpc) is 3.43. The van der Waals surface area contributed by atoms with Gasteiger partial charge in [-0.05, 0) is 47.0 Å². The highest BCUT2D eigenvalue weighted by Gasteiger charge is 2.72. The lowest BCUT2D eigenvalue weighted by molar-refractivity contribution is -0.501. The third-order valence-corrected chi connectivity index (χ3v) is 8.95. The zero-order chi connectivity index (χ0) is 29.5. The molecule has 2 atom stereocenters. The van der Waals surface area contributed by atoms with Crippen LogP contribution in [0.25, 0.3) is 5.76 Å². The van der Waals surface area contributed by atoms with E-state index >= 15 is 0 Å². The monoisotopic (exact) mass is 575 g/mol. The van der Waals surface area contributed by atoms with Crippen LogP contribution in [-0.4, -0.2) is 37.4 Å². The fourth-order valence-electron chi connectivity index (χ4n) is 6.64. The number of hydrogen-bond donors (Lipinski definition) is 0. The second-order valence-electron chi connectivity index (χ2n) is 11.3. The summed E-state index contributed by atoms with van der Waals surface area (Å²) in [5.74, 6) is 0.681. The first kappa shape index (κ1) is 27.3. The lowest BCUT2D eigenvalue weighted by Gasteiger charge is -2.55. The highest BCUT2D eigenvalue weighted by molar-refractivity contribution is 5.91. The van der Waals surface area contributed by atoms with Crippen LogP contribution < -0.4 is 9.47 Å². The number of rotatable bonds is 7. The number of carbonyl (C=O) groups is 1. The van der Waals surface area contributed by atoms with Crippen molar-refractivity contribution in [3.63, 3.8) is 0 Å². The number of carbonyl (C=O) groups excluding carboxylic acids is 1. The van der Waals surface area contributed by atoms with Crippen molar-refractivity contribution in [3.05, 3.63) is 138 Å². The molecule has 4 aromatic rings. The third-order valence-electron chi connectivity index (χ3n) is 8.95. The second kappa shape index (κ2) is 10.6. The molecule has 43 heavy (non-hydrogen) atoms. The topological polar surface area (TPSA) is 66.5 Å². The van der Waals surface area contributed by atoms with Gasteiger partial charge in [0.15, 0.2) is 5.60 Å². The minimum absolute atomic E-state index is 0.0526. The Hall–Kier alpha value is -4.59. The van der Waals surface area contributed by atoms with Crippen LogP contribution in [0.1, 0.15) is 35.1 Å². The number of ether oxygens (including phenoxy) is 3. The molecule has 0 bridgehead atoms. The maximum atomic E-state index is 14.9. The highest BCUT2D eigenvalue weighted by atomic mass is 17.2. The van der Waals surface area contributed by atoms with E-state index in [0.29, 0.717) is 25.3 Å². The summed E-state index contributed by atoms with van der Waals surface area (Å²) in [6.45, 7) is 0.956. The van der Waals surface area contributed by atoms with Crippen molar-refractivity contribution in [1.82, 2.24) is 4.90 Å². The van der Waals surface area contributed by atoms with Crippen LogP contribution in [0, 0.1) is 5.41 Å². The van der Waals surface area contributed by atoms with E-state index in [1.807, 2.05) is 120 Å². The van der Waals surface area contributed by atoms with Crippen LogP contribution in [0.4, 0.5) is 0 Å². The van der Waals surface area contributed by atoms with Gasteiger partial charge < -0.3 is 19.1 Å². The Balaban J connectivity index is 1.39. The van der Waals surface area contributed by atoms with Crippen LogP contribution in [0.2, 0.25) is 0 Å². The summed E-state index contributed by atoms with van der Waals surface area (Å²) in [5, 5.41) is 0. The molecule has 1 amide bonds. The molecule has 3 heterocycles. The molecule has 0 aliphatic carbocycles. The van der Waals surface area contributed by atoms with Gasteiger partial charge in [0.2, 0.25) is 5.91 Å². The number of piperidine rings is 1. The van der Waals surface area contributed by atoms with Crippen molar-refractivity contribution in [3.8, 4) is 11.5 Å². The molecule has 4 aromatic carbocycles. The fourth-order valence-corrected chi connectivity index (χ4v) is 6.64. The zero-order valence-electron chi connectivity index (χ0n) is 24.2. The Morgan fingerprint density at radius 1 is 0.744 bits per heavy atom. The summed E-state index contributed by atoms with van der Waals surface area (Å²) < 4.78 is 17.6. The SMILES string of the molecule is COc1ccc(C2(c3ccc(OC)cc3)CC34C=C(c5ccccc5)OC3(CCN(Cc3ccccc3)C4=O)OO2)cc1. The Morgan fingerprint density at radius 3 is 1.91 bits per heavy atom. The molecule has 0 aromatic heterocycles. The smallest absolute Gasteiger partial charge is 0.260 e. The minimum Gasteiger partial charge on any atom is -0.497 e. The van der Waals surface area contributed by atoms with Gasteiger partial charge in [-0.25, -0.2) is 4.89 Å². The van der Waals surface area contributed by atoms with E-state index in [1.165, 1.54) is 0 Å². The van der Waals surface area contributed by atoms with Crippen molar-refractivity contribution in [2.75, 3.05) is 20.8 Å². The summed E-state index contributed by atoms with van der Waals surface area (Å²) in [7, 11) is 3.27. The van der Waals surface area contributed by atoms with E-state index in [-0.39, 0.29) is 12.3 Å². The van der Waals surface area contributed by atoms with Gasteiger partial charge in [-0.1, -0.05) is 84.9 Å². The first-order chi connectivity index (χ1) is 21.0. The van der Waals surface area contributed by atoms with Gasteiger partial charge in [0.05, 0.1) is 14.2 Å². The molecule has 2 saturated heterocycles. The first-order valence-corrected chi connectivity index (χ1v) is 14.5. The van der Waals surface area contributed by atoms with E-state index in [9.17, 15) is 4.79 Å². The van der Waals surface area contributed by atoms with Crippen molar-refractivity contribution < 1.29 is 28.8 Å². The van der Waals surface area contributed by atoms with Crippen molar-refractivity contribution >= 4 is 11.7 Å². The predicted molar refractivity (Wildman–Crippen MR) is 161 cm³/mol. The van der Waals surface area contributed by atoms with Gasteiger partial charge in [-0.3, -0.25) is 4.79 Å². The molecule has 3 aliphatic rings. The van der Waals surface area contributed by atoms with Crippen molar-refractivity contribution in [2.45, 2.75) is 30.8 Å². The standard InChI is InChI=1S/C36H33NO6/c1-39-30-17-13-28(14-18-30)35(29-15-19-31(40-2)20-16-29)25-34-23-32(27-11-7-4-8-12-27)41-36(34,43-42-35)21-22-37(33(34)38)24-26-9-5-3-6-10-26/h3-20,23H,21-22,24-25H2,1-2H3. The van der Waals surface area contributed by atoms with E-state index in [1.54, 1.807) is 14.2 Å². The van der Waals surface area contributed by atoms with Gasteiger partial charge in [0.25, 0.3) is 5.79 Å². The third kappa shape index (κ3) is 4.39. The average molecular weight is 576 g/mol. The Labute approximate surface area is 251 Å². The highest BCUT2D eigenvalue weighted by Crippen LogP contribution is 2.63. The Morgan fingerprint density at radius 2 is 1.33 bits per heavy atom. The number of likely N-dealkylation sites (tertiary alicyclic amines) is 1. The van der Waals surface area contributed by atoms with Gasteiger partial charge >= 0.3 is 0 Å². The Bertz CT molecular complexity index is 1590. The Kier molecular flexibility index (Phi) is 6.72. The molecule has 7 rings (SSSR count). The minimum atomic E-state index is -1.31. The molecule has 218 valence electrons. The summed E-state index contributed by atoms with van der Waals surface area (Å²) in [5.41, 5.74) is 1.29. The van der Waals surface area contributed by atoms with Crippen LogP contribution in [0.15, 0.2) is 115 Å². The summed E-state index contributed by atoms with van der Waals surface area (Å²) in [4.78, 5) is 29.8. The summed E-state index contributed by atoms with van der Waals surface area (Å²) >= 11 is 0. The lowest BCUT2D eigenvalue weighted by atomic mass is 9.64. The number of hydrogen-bond acceptors (Lipinski definition) is 6. The van der Waals surface area contributed by atoms with Crippen LogP contribution in [0.5, 0.6) is 11.5 Å². The molecule has 2 unspecified atom stereocenters. The quantitative estimate of drug-likeness (QED) is 0.235. The van der Waals surface area contributed by atoms with Crippen molar-refractivity contribution in [1.29, 1.82) is 0 Å². The number of amides is 1. The van der Waals surface area contributed by atoms with E-state index in [0.717, 1.165) is 33.8 Å². The van der Waals surface area contributed by atoms with Gasteiger partial charge in [-0.15, -0.1) is 0 Å². The molecule has 7 nitrogen and oxygen atoms in total. The maximum Gasteiger partial charge on any atom is 0.260 e. The van der Waals surface area contributed by atoms with Crippen LogP contribution in [-0.2, 0) is 31.5 Å². The molecule has 2 fully saturated rings. The normalized spacial score (nSPS) is 23.9. The molecule has 0 N–H and O–H groups in total. The van der Waals surface area contributed by atoms with Crippen molar-refractivity contribution in [2.24, 2.45) is 5.41 Å². The van der Waals surface area contributed by atoms with Gasteiger partial charge in [0.1, 0.15) is 22.7 Å². The fraction of sp³-hybridized carbons (Fsp3) is 0.250. The van der Waals surface area contributed by atoms with Gasteiger partial charge in [-0.2, -0.15) is 4.89 Å². The van der Waals surface area contributed by atoms with E-state index in [4.69, 9.17) is 24.0 Å². The van der Waals surface area contributed by atoms with E-state index in [2.05, 4.69) is 0 Å². The predicted octanol–water partition coefficient (Wildman–Crippen LogP) is 6.49. The molecule has 7 heteroatoms. The zero-order valence-corrected chi connectivity index (χ0v) is 24.2. The van der Waals surface area contributed by atoms with Gasteiger partial charge in [0, 0.05) is 31.5 Å². The molecular weight excluding hydrogens is 542 g/mol.